The Bertz CT molecular complexity index is 161. The zero-order valence-corrected chi connectivity index (χ0v) is 9.65. The van der Waals surface area contributed by atoms with Gasteiger partial charge >= 0.3 is 0 Å². The lowest BCUT2D eigenvalue weighted by atomic mass is 9.97. The van der Waals surface area contributed by atoms with Crippen molar-refractivity contribution in [3.8, 4) is 0 Å². The van der Waals surface area contributed by atoms with Crippen molar-refractivity contribution in [3.63, 3.8) is 0 Å². The number of hydrogen-bond donors (Lipinski definition) is 1. The Morgan fingerprint density at radius 2 is 2.14 bits per heavy atom. The summed E-state index contributed by atoms with van der Waals surface area (Å²) in [6, 6.07) is 0. The van der Waals surface area contributed by atoms with Crippen LogP contribution in [-0.2, 0) is 0 Å². The van der Waals surface area contributed by atoms with Gasteiger partial charge in [-0.1, -0.05) is 31.4 Å². The molecular formula is C13H25N. The van der Waals surface area contributed by atoms with Gasteiger partial charge in [0.15, 0.2) is 0 Å². The van der Waals surface area contributed by atoms with Gasteiger partial charge in [-0.05, 0) is 51.6 Å². The lowest BCUT2D eigenvalue weighted by molar-refractivity contribution is 0.599. The molecule has 14 heavy (non-hydrogen) atoms. The van der Waals surface area contributed by atoms with E-state index in [0.717, 1.165) is 0 Å². The molecular weight excluding hydrogens is 170 g/mol. The largest absolute Gasteiger partial charge is 0.316 e. The summed E-state index contributed by atoms with van der Waals surface area (Å²) in [5.41, 5.74) is 1.69. The summed E-state index contributed by atoms with van der Waals surface area (Å²) in [5, 5.41) is 3.53. The van der Waals surface area contributed by atoms with Crippen molar-refractivity contribution in [2.24, 2.45) is 0 Å². The van der Waals surface area contributed by atoms with E-state index < -0.39 is 0 Å². The van der Waals surface area contributed by atoms with Crippen LogP contribution in [0.4, 0.5) is 0 Å². The molecule has 0 fully saturated rings. The minimum Gasteiger partial charge on any atom is -0.316 e. The molecule has 82 valence electrons. The SMILES string of the molecule is CCCCCNCCC1=CCCCC1. The summed E-state index contributed by atoms with van der Waals surface area (Å²) in [6.07, 6.45) is 13.3. The zero-order valence-electron chi connectivity index (χ0n) is 9.65. The Morgan fingerprint density at radius 3 is 2.86 bits per heavy atom. The van der Waals surface area contributed by atoms with Crippen molar-refractivity contribution < 1.29 is 0 Å². The number of unbranched alkanes of at least 4 members (excludes halogenated alkanes) is 2. The highest BCUT2D eigenvalue weighted by atomic mass is 14.8. The van der Waals surface area contributed by atoms with E-state index in [1.807, 2.05) is 0 Å². The van der Waals surface area contributed by atoms with Crippen molar-refractivity contribution in [3.05, 3.63) is 11.6 Å². The highest BCUT2D eigenvalue weighted by Crippen LogP contribution is 2.19. The Balaban J connectivity index is 1.90. The van der Waals surface area contributed by atoms with Crippen molar-refractivity contribution in [2.45, 2.75) is 58.3 Å². The molecule has 0 spiro atoms. The van der Waals surface area contributed by atoms with Crippen LogP contribution in [0.25, 0.3) is 0 Å². The first kappa shape index (κ1) is 11.8. The second-order valence-electron chi connectivity index (χ2n) is 4.32. The third kappa shape index (κ3) is 5.43. The van der Waals surface area contributed by atoms with Crippen LogP contribution in [0.5, 0.6) is 0 Å². The summed E-state index contributed by atoms with van der Waals surface area (Å²) in [7, 11) is 0. The fraction of sp³-hybridized carbons (Fsp3) is 0.846. The first-order valence-electron chi connectivity index (χ1n) is 6.32. The van der Waals surface area contributed by atoms with Gasteiger partial charge in [0, 0.05) is 0 Å². The summed E-state index contributed by atoms with van der Waals surface area (Å²) >= 11 is 0. The Morgan fingerprint density at radius 1 is 1.21 bits per heavy atom. The highest BCUT2D eigenvalue weighted by Gasteiger charge is 2.02. The van der Waals surface area contributed by atoms with Gasteiger partial charge in [0.2, 0.25) is 0 Å². The molecule has 0 aliphatic heterocycles. The Kier molecular flexibility index (Phi) is 6.77. The summed E-state index contributed by atoms with van der Waals surface area (Å²) < 4.78 is 0. The average Bonchev–Trinajstić information content (AvgIpc) is 2.25. The number of hydrogen-bond acceptors (Lipinski definition) is 1. The fourth-order valence-electron chi connectivity index (χ4n) is 2.01. The zero-order chi connectivity index (χ0) is 10.1. The quantitative estimate of drug-likeness (QED) is 0.483. The van der Waals surface area contributed by atoms with E-state index in [-0.39, 0.29) is 0 Å². The van der Waals surface area contributed by atoms with Crippen molar-refractivity contribution >= 4 is 0 Å². The second-order valence-corrected chi connectivity index (χ2v) is 4.32. The number of nitrogens with one attached hydrogen (secondary N) is 1. The lowest BCUT2D eigenvalue weighted by Gasteiger charge is -2.12. The molecule has 1 aliphatic rings. The predicted octanol–water partition coefficient (Wildman–Crippen LogP) is 3.66. The van der Waals surface area contributed by atoms with Gasteiger partial charge < -0.3 is 5.32 Å². The van der Waals surface area contributed by atoms with Gasteiger partial charge in [0.1, 0.15) is 0 Å². The molecule has 0 heterocycles. The molecule has 0 amide bonds. The lowest BCUT2D eigenvalue weighted by Crippen LogP contribution is -2.17. The normalized spacial score (nSPS) is 16.8. The van der Waals surface area contributed by atoms with Gasteiger partial charge in [-0.2, -0.15) is 0 Å². The monoisotopic (exact) mass is 195 g/mol. The summed E-state index contributed by atoms with van der Waals surface area (Å²) in [6.45, 7) is 4.66. The maximum Gasteiger partial charge on any atom is -0.00116 e. The third-order valence-corrected chi connectivity index (χ3v) is 2.97. The molecule has 0 saturated heterocycles. The minimum atomic E-state index is 1.19. The molecule has 0 aromatic carbocycles. The molecule has 0 aromatic heterocycles. The van der Waals surface area contributed by atoms with Gasteiger partial charge in [0.05, 0.1) is 0 Å². The maximum absolute atomic E-state index is 3.53. The van der Waals surface area contributed by atoms with Gasteiger partial charge in [-0.15, -0.1) is 0 Å². The molecule has 1 nitrogen and oxygen atoms in total. The standard InChI is InChI=1S/C13H25N/c1-2-3-7-11-14-12-10-13-8-5-4-6-9-13/h8,14H,2-7,9-12H2,1H3. The molecule has 0 saturated carbocycles. The van der Waals surface area contributed by atoms with Crippen molar-refractivity contribution in [1.82, 2.24) is 5.32 Å². The van der Waals surface area contributed by atoms with E-state index in [1.54, 1.807) is 5.57 Å². The van der Waals surface area contributed by atoms with Crippen molar-refractivity contribution in [1.29, 1.82) is 0 Å². The number of rotatable bonds is 7. The molecule has 0 radical (unpaired) electrons. The fourth-order valence-corrected chi connectivity index (χ4v) is 2.01. The first-order chi connectivity index (χ1) is 6.93. The smallest absolute Gasteiger partial charge is 0.00116 e. The molecule has 1 rings (SSSR count). The number of allylic oxidation sites excluding steroid dienone is 1. The van der Waals surface area contributed by atoms with E-state index in [4.69, 9.17) is 0 Å². The molecule has 1 aliphatic carbocycles. The minimum absolute atomic E-state index is 1.19. The van der Waals surface area contributed by atoms with Gasteiger partial charge in [-0.3, -0.25) is 0 Å². The summed E-state index contributed by atoms with van der Waals surface area (Å²) in [4.78, 5) is 0. The molecule has 0 atom stereocenters. The first-order valence-corrected chi connectivity index (χ1v) is 6.32. The van der Waals surface area contributed by atoms with E-state index in [2.05, 4.69) is 18.3 Å². The van der Waals surface area contributed by atoms with E-state index >= 15 is 0 Å². The van der Waals surface area contributed by atoms with E-state index in [0.29, 0.717) is 0 Å². The second kappa shape index (κ2) is 8.05. The Hall–Kier alpha value is -0.300. The van der Waals surface area contributed by atoms with E-state index in [1.165, 1.54) is 64.5 Å². The molecule has 0 bridgehead atoms. The van der Waals surface area contributed by atoms with Gasteiger partial charge in [-0.25, -0.2) is 0 Å². The van der Waals surface area contributed by atoms with Gasteiger partial charge in [0.25, 0.3) is 0 Å². The predicted molar refractivity (Wildman–Crippen MR) is 63.6 cm³/mol. The van der Waals surface area contributed by atoms with Crippen molar-refractivity contribution in [2.75, 3.05) is 13.1 Å². The van der Waals surface area contributed by atoms with Crippen LogP contribution in [0.1, 0.15) is 58.3 Å². The maximum atomic E-state index is 3.53. The Labute approximate surface area is 89.0 Å². The van der Waals surface area contributed by atoms with Crippen LogP contribution in [0, 0.1) is 0 Å². The van der Waals surface area contributed by atoms with Crippen LogP contribution >= 0.6 is 0 Å². The van der Waals surface area contributed by atoms with Crippen LogP contribution in [0.3, 0.4) is 0 Å². The molecule has 0 aromatic rings. The molecule has 1 N–H and O–H groups in total. The van der Waals surface area contributed by atoms with Crippen LogP contribution < -0.4 is 5.32 Å². The van der Waals surface area contributed by atoms with Crippen LogP contribution in [0.2, 0.25) is 0 Å². The van der Waals surface area contributed by atoms with E-state index in [9.17, 15) is 0 Å². The molecule has 0 unspecified atom stereocenters. The van der Waals surface area contributed by atoms with Crippen LogP contribution in [0.15, 0.2) is 11.6 Å². The topological polar surface area (TPSA) is 12.0 Å². The average molecular weight is 195 g/mol. The molecule has 1 heteroatoms. The summed E-state index contributed by atoms with van der Waals surface area (Å²) in [5.74, 6) is 0. The van der Waals surface area contributed by atoms with Crippen LogP contribution in [-0.4, -0.2) is 13.1 Å². The highest BCUT2D eigenvalue weighted by molar-refractivity contribution is 5.04. The third-order valence-electron chi connectivity index (χ3n) is 2.97.